The standard InChI is InChI=1S/C12H22N4O5/c1-18-2-3-19-4-5-20-6-7-21-12(17)10-16-9-11(8-13)14-15-16/h9H,2-8,10,13H2,1H3. The lowest BCUT2D eigenvalue weighted by Gasteiger charge is -2.06. The van der Waals surface area contributed by atoms with Crippen LogP contribution in [-0.2, 0) is 36.8 Å². The molecule has 0 aliphatic heterocycles. The van der Waals surface area contributed by atoms with Gasteiger partial charge in [0.1, 0.15) is 13.2 Å². The normalized spacial score (nSPS) is 10.8. The van der Waals surface area contributed by atoms with Crippen LogP contribution in [0.3, 0.4) is 0 Å². The van der Waals surface area contributed by atoms with Crippen molar-refractivity contribution < 1.29 is 23.7 Å². The SMILES string of the molecule is COCCOCCOCCOC(=O)Cn1cc(CN)nn1. The Morgan fingerprint density at radius 3 is 2.48 bits per heavy atom. The second kappa shape index (κ2) is 11.1. The van der Waals surface area contributed by atoms with E-state index in [9.17, 15) is 4.79 Å². The molecule has 0 radical (unpaired) electrons. The maximum absolute atomic E-state index is 11.5. The minimum absolute atomic E-state index is 0.00707. The van der Waals surface area contributed by atoms with Gasteiger partial charge in [0.15, 0.2) is 0 Å². The second-order valence-corrected chi connectivity index (χ2v) is 4.05. The van der Waals surface area contributed by atoms with Crippen molar-refractivity contribution in [1.29, 1.82) is 0 Å². The van der Waals surface area contributed by atoms with E-state index in [4.69, 9.17) is 24.7 Å². The number of nitrogens with two attached hydrogens (primary N) is 1. The molecule has 0 fully saturated rings. The van der Waals surface area contributed by atoms with Crippen LogP contribution in [0.4, 0.5) is 0 Å². The molecule has 21 heavy (non-hydrogen) atoms. The van der Waals surface area contributed by atoms with Gasteiger partial charge in [0, 0.05) is 13.7 Å². The summed E-state index contributed by atoms with van der Waals surface area (Å²) in [4.78, 5) is 11.5. The molecule has 1 aromatic rings. The second-order valence-electron chi connectivity index (χ2n) is 4.05. The fraction of sp³-hybridized carbons (Fsp3) is 0.750. The van der Waals surface area contributed by atoms with Crippen LogP contribution in [0.15, 0.2) is 6.20 Å². The highest BCUT2D eigenvalue weighted by Crippen LogP contribution is 1.92. The molecular weight excluding hydrogens is 280 g/mol. The fourth-order valence-electron chi connectivity index (χ4n) is 1.37. The summed E-state index contributed by atoms with van der Waals surface area (Å²) in [5.74, 6) is -0.400. The average Bonchev–Trinajstić information content (AvgIpc) is 2.93. The number of methoxy groups -OCH3 is 1. The summed E-state index contributed by atoms with van der Waals surface area (Å²) in [5, 5.41) is 7.52. The van der Waals surface area contributed by atoms with E-state index in [2.05, 4.69) is 10.3 Å². The maximum Gasteiger partial charge on any atom is 0.327 e. The van der Waals surface area contributed by atoms with E-state index >= 15 is 0 Å². The highest BCUT2D eigenvalue weighted by atomic mass is 16.6. The Labute approximate surface area is 123 Å². The van der Waals surface area contributed by atoms with Crippen LogP contribution >= 0.6 is 0 Å². The first-order chi connectivity index (χ1) is 10.3. The minimum atomic E-state index is -0.400. The molecule has 0 saturated carbocycles. The highest BCUT2D eigenvalue weighted by molar-refractivity contribution is 5.68. The third-order valence-electron chi connectivity index (χ3n) is 2.38. The van der Waals surface area contributed by atoms with Crippen molar-refractivity contribution in [2.45, 2.75) is 13.1 Å². The Balaban J connectivity index is 1.96. The topological polar surface area (TPSA) is 111 Å². The Hall–Kier alpha value is -1.55. The lowest BCUT2D eigenvalue weighted by molar-refractivity contribution is -0.146. The lowest BCUT2D eigenvalue weighted by Crippen LogP contribution is -2.17. The summed E-state index contributed by atoms with van der Waals surface area (Å²) in [7, 11) is 1.62. The quantitative estimate of drug-likeness (QED) is 0.385. The van der Waals surface area contributed by atoms with Crippen molar-refractivity contribution in [2.75, 3.05) is 46.8 Å². The molecule has 1 heterocycles. The van der Waals surface area contributed by atoms with Crippen LogP contribution in [0.1, 0.15) is 5.69 Å². The van der Waals surface area contributed by atoms with E-state index in [0.717, 1.165) is 0 Å². The number of hydrogen-bond donors (Lipinski definition) is 1. The molecule has 1 aromatic heterocycles. The van der Waals surface area contributed by atoms with Gasteiger partial charge in [-0.2, -0.15) is 0 Å². The maximum atomic E-state index is 11.5. The van der Waals surface area contributed by atoms with Crippen molar-refractivity contribution in [3.63, 3.8) is 0 Å². The van der Waals surface area contributed by atoms with E-state index in [1.807, 2.05) is 0 Å². The molecule has 9 heteroatoms. The monoisotopic (exact) mass is 302 g/mol. The van der Waals surface area contributed by atoms with E-state index in [1.54, 1.807) is 13.3 Å². The van der Waals surface area contributed by atoms with Crippen LogP contribution in [-0.4, -0.2) is 67.7 Å². The van der Waals surface area contributed by atoms with Crippen LogP contribution in [0.25, 0.3) is 0 Å². The number of nitrogens with zero attached hydrogens (tertiary/aromatic N) is 3. The smallest absolute Gasteiger partial charge is 0.327 e. The predicted molar refractivity (Wildman–Crippen MR) is 72.4 cm³/mol. The van der Waals surface area contributed by atoms with Gasteiger partial charge in [-0.3, -0.25) is 4.79 Å². The molecule has 0 unspecified atom stereocenters. The van der Waals surface area contributed by atoms with Gasteiger partial charge in [-0.25, -0.2) is 4.68 Å². The number of aromatic nitrogens is 3. The summed E-state index contributed by atoms with van der Waals surface area (Å²) < 4.78 is 21.7. The van der Waals surface area contributed by atoms with Crippen molar-refractivity contribution >= 4 is 5.97 Å². The zero-order valence-corrected chi connectivity index (χ0v) is 12.2. The zero-order valence-electron chi connectivity index (χ0n) is 12.2. The summed E-state index contributed by atoms with van der Waals surface area (Å²) in [5.41, 5.74) is 6.02. The first kappa shape index (κ1) is 17.5. The number of carbonyl (C=O) groups excluding carboxylic acids is 1. The summed E-state index contributed by atoms with van der Waals surface area (Å²) in [6.07, 6.45) is 1.61. The number of hydrogen-bond acceptors (Lipinski definition) is 8. The summed E-state index contributed by atoms with van der Waals surface area (Å²) >= 11 is 0. The van der Waals surface area contributed by atoms with Crippen LogP contribution < -0.4 is 5.73 Å². The molecule has 2 N–H and O–H groups in total. The van der Waals surface area contributed by atoms with Gasteiger partial charge in [0.2, 0.25) is 0 Å². The van der Waals surface area contributed by atoms with Gasteiger partial charge in [0.05, 0.1) is 44.9 Å². The predicted octanol–water partition coefficient (Wildman–Crippen LogP) is -1.04. The molecule has 0 amide bonds. The molecule has 9 nitrogen and oxygen atoms in total. The first-order valence-corrected chi connectivity index (χ1v) is 6.65. The molecular formula is C12H22N4O5. The largest absolute Gasteiger partial charge is 0.462 e. The van der Waals surface area contributed by atoms with Crippen molar-refractivity contribution in [3.8, 4) is 0 Å². The number of carbonyl (C=O) groups is 1. The molecule has 0 spiro atoms. The molecule has 0 aliphatic rings. The molecule has 0 bridgehead atoms. The third-order valence-corrected chi connectivity index (χ3v) is 2.38. The highest BCUT2D eigenvalue weighted by Gasteiger charge is 2.06. The van der Waals surface area contributed by atoms with E-state index in [1.165, 1.54) is 4.68 Å². The molecule has 0 aliphatic carbocycles. The molecule has 0 saturated heterocycles. The van der Waals surface area contributed by atoms with Crippen LogP contribution in [0.5, 0.6) is 0 Å². The van der Waals surface area contributed by atoms with E-state index < -0.39 is 5.97 Å². The Kier molecular flexibility index (Phi) is 9.29. The number of esters is 1. The number of rotatable bonds is 12. The van der Waals surface area contributed by atoms with Gasteiger partial charge in [-0.05, 0) is 0 Å². The number of ether oxygens (including phenoxy) is 4. The molecule has 0 atom stereocenters. The first-order valence-electron chi connectivity index (χ1n) is 6.65. The van der Waals surface area contributed by atoms with Crippen molar-refractivity contribution in [2.24, 2.45) is 5.73 Å². The van der Waals surface area contributed by atoms with Gasteiger partial charge in [0.25, 0.3) is 0 Å². The van der Waals surface area contributed by atoms with E-state index in [0.29, 0.717) is 38.7 Å². The summed E-state index contributed by atoms with van der Waals surface area (Å²) in [6, 6.07) is 0. The Morgan fingerprint density at radius 2 is 1.86 bits per heavy atom. The third kappa shape index (κ3) is 8.35. The Bertz CT molecular complexity index is 399. The Morgan fingerprint density at radius 1 is 1.19 bits per heavy atom. The van der Waals surface area contributed by atoms with Crippen molar-refractivity contribution in [3.05, 3.63) is 11.9 Å². The van der Waals surface area contributed by atoms with Gasteiger partial charge in [-0.1, -0.05) is 5.21 Å². The van der Waals surface area contributed by atoms with E-state index in [-0.39, 0.29) is 19.7 Å². The molecule has 0 aromatic carbocycles. The van der Waals surface area contributed by atoms with Gasteiger partial charge >= 0.3 is 5.97 Å². The van der Waals surface area contributed by atoms with Gasteiger partial charge < -0.3 is 24.7 Å². The van der Waals surface area contributed by atoms with Crippen molar-refractivity contribution in [1.82, 2.24) is 15.0 Å². The van der Waals surface area contributed by atoms with Crippen LogP contribution in [0, 0.1) is 0 Å². The lowest BCUT2D eigenvalue weighted by atomic mass is 10.5. The molecule has 1 rings (SSSR count). The average molecular weight is 302 g/mol. The minimum Gasteiger partial charge on any atom is -0.462 e. The summed E-state index contributed by atoms with van der Waals surface area (Å²) in [6.45, 7) is 2.84. The van der Waals surface area contributed by atoms with Crippen LogP contribution in [0.2, 0.25) is 0 Å². The van der Waals surface area contributed by atoms with Gasteiger partial charge in [-0.15, -0.1) is 5.10 Å². The molecule has 120 valence electrons. The zero-order chi connectivity index (χ0) is 15.3. The fourth-order valence-corrected chi connectivity index (χ4v) is 1.37.